The lowest BCUT2D eigenvalue weighted by molar-refractivity contribution is -0.116. The minimum atomic E-state index is -0.505. The predicted molar refractivity (Wildman–Crippen MR) is 77.2 cm³/mol. The van der Waals surface area contributed by atoms with Crippen LogP contribution in [0.5, 0.6) is 0 Å². The Morgan fingerprint density at radius 1 is 1.37 bits per heavy atom. The Balaban J connectivity index is 2.37. The minimum Gasteiger partial charge on any atom is -0.450 e. The van der Waals surface area contributed by atoms with E-state index in [4.69, 9.17) is 0 Å². The summed E-state index contributed by atoms with van der Waals surface area (Å²) in [6.45, 7) is 4.20. The average molecular weight is 329 g/mol. The smallest absolute Gasteiger partial charge is 0.407 e. The summed E-state index contributed by atoms with van der Waals surface area (Å²) in [5.74, 6) is -0.151. The van der Waals surface area contributed by atoms with Gasteiger partial charge in [0.25, 0.3) is 0 Å². The molecule has 0 bridgehead atoms. The Labute approximate surface area is 120 Å². The van der Waals surface area contributed by atoms with Crippen LogP contribution in [-0.2, 0) is 9.53 Å². The van der Waals surface area contributed by atoms with Gasteiger partial charge in [0.15, 0.2) is 0 Å². The lowest BCUT2D eigenvalue weighted by atomic mass is 10.2. The van der Waals surface area contributed by atoms with Gasteiger partial charge in [-0.25, -0.2) is 4.79 Å². The summed E-state index contributed by atoms with van der Waals surface area (Å²) >= 11 is 3.36. The van der Waals surface area contributed by atoms with Crippen LogP contribution in [0.2, 0.25) is 0 Å². The normalized spacial score (nSPS) is 9.84. The maximum atomic E-state index is 11.7. The van der Waals surface area contributed by atoms with Crippen LogP contribution in [-0.4, -0.2) is 25.2 Å². The first-order valence-electron chi connectivity index (χ1n) is 5.99. The second-order valence-corrected chi connectivity index (χ2v) is 4.82. The Morgan fingerprint density at radius 2 is 2.11 bits per heavy atom. The molecule has 1 aromatic carbocycles. The first kappa shape index (κ1) is 15.5. The number of ether oxygens (including phenoxy) is 1. The second kappa shape index (κ2) is 7.78. The number of anilines is 1. The van der Waals surface area contributed by atoms with Gasteiger partial charge in [0.05, 0.1) is 6.61 Å². The zero-order valence-corrected chi connectivity index (χ0v) is 12.5. The van der Waals surface area contributed by atoms with Crippen LogP contribution >= 0.6 is 15.9 Å². The standard InChI is InChI=1S/C13H17BrN2O3/c1-3-19-13(18)15-7-6-12(17)16-11-5-4-10(14)8-9(11)2/h4-5,8H,3,6-7H2,1-2H3,(H,15,18)(H,16,17). The van der Waals surface area contributed by atoms with Gasteiger partial charge >= 0.3 is 6.09 Å². The molecule has 0 atom stereocenters. The molecule has 19 heavy (non-hydrogen) atoms. The van der Waals surface area contributed by atoms with Gasteiger partial charge < -0.3 is 15.4 Å². The van der Waals surface area contributed by atoms with Gasteiger partial charge in [0.1, 0.15) is 0 Å². The van der Waals surface area contributed by atoms with Gasteiger partial charge in [0, 0.05) is 23.1 Å². The molecule has 0 spiro atoms. The maximum absolute atomic E-state index is 11.7. The van der Waals surface area contributed by atoms with Crippen LogP contribution in [0.3, 0.4) is 0 Å². The lowest BCUT2D eigenvalue weighted by Gasteiger charge is -2.09. The van der Waals surface area contributed by atoms with E-state index in [-0.39, 0.29) is 18.9 Å². The molecule has 0 saturated carbocycles. The quantitative estimate of drug-likeness (QED) is 0.873. The molecule has 0 aromatic heterocycles. The second-order valence-electron chi connectivity index (χ2n) is 3.90. The van der Waals surface area contributed by atoms with Gasteiger partial charge in [-0.05, 0) is 37.6 Å². The number of aryl methyl sites for hydroxylation is 1. The zero-order valence-electron chi connectivity index (χ0n) is 11.0. The molecule has 5 nitrogen and oxygen atoms in total. The van der Waals surface area contributed by atoms with Gasteiger partial charge in [-0.15, -0.1) is 0 Å². The van der Waals surface area contributed by atoms with E-state index in [9.17, 15) is 9.59 Å². The molecule has 1 aromatic rings. The number of nitrogens with one attached hydrogen (secondary N) is 2. The number of hydrogen-bond donors (Lipinski definition) is 2. The molecule has 1 rings (SSSR count). The number of halogens is 1. The molecule has 0 unspecified atom stereocenters. The molecule has 6 heteroatoms. The zero-order chi connectivity index (χ0) is 14.3. The first-order chi connectivity index (χ1) is 9.02. The van der Waals surface area contributed by atoms with E-state index in [1.807, 2.05) is 25.1 Å². The fourth-order valence-corrected chi connectivity index (χ4v) is 1.92. The molecular weight excluding hydrogens is 312 g/mol. The van der Waals surface area contributed by atoms with Crippen LogP contribution in [0, 0.1) is 6.92 Å². The fourth-order valence-electron chi connectivity index (χ4n) is 1.44. The molecule has 0 radical (unpaired) electrons. The average Bonchev–Trinajstić information content (AvgIpc) is 2.33. The number of carbonyl (C=O) groups is 2. The maximum Gasteiger partial charge on any atom is 0.407 e. The van der Waals surface area contributed by atoms with E-state index >= 15 is 0 Å². The molecule has 0 aliphatic rings. The molecule has 104 valence electrons. The number of carbonyl (C=O) groups excluding carboxylic acids is 2. The summed E-state index contributed by atoms with van der Waals surface area (Å²) in [6.07, 6.45) is -0.302. The van der Waals surface area contributed by atoms with E-state index in [0.717, 1.165) is 15.7 Å². The Morgan fingerprint density at radius 3 is 2.74 bits per heavy atom. The monoisotopic (exact) mass is 328 g/mol. The molecule has 0 fully saturated rings. The van der Waals surface area contributed by atoms with Crippen molar-refractivity contribution in [3.63, 3.8) is 0 Å². The SMILES string of the molecule is CCOC(=O)NCCC(=O)Nc1ccc(Br)cc1C. The highest BCUT2D eigenvalue weighted by atomic mass is 79.9. The number of amides is 2. The van der Waals surface area contributed by atoms with Crippen molar-refractivity contribution in [3.05, 3.63) is 28.2 Å². The van der Waals surface area contributed by atoms with Crippen molar-refractivity contribution in [2.24, 2.45) is 0 Å². The Kier molecular flexibility index (Phi) is 6.35. The molecule has 0 aliphatic carbocycles. The van der Waals surface area contributed by atoms with Crippen molar-refractivity contribution in [2.45, 2.75) is 20.3 Å². The third kappa shape index (κ3) is 5.74. The molecule has 2 amide bonds. The topological polar surface area (TPSA) is 67.4 Å². The van der Waals surface area contributed by atoms with Gasteiger partial charge in [-0.3, -0.25) is 4.79 Å². The van der Waals surface area contributed by atoms with Gasteiger partial charge in [-0.2, -0.15) is 0 Å². The summed E-state index contributed by atoms with van der Waals surface area (Å²) < 4.78 is 5.65. The van der Waals surface area contributed by atoms with E-state index in [0.29, 0.717) is 6.61 Å². The van der Waals surface area contributed by atoms with E-state index in [1.165, 1.54) is 0 Å². The van der Waals surface area contributed by atoms with Crippen molar-refractivity contribution >= 4 is 33.6 Å². The molecule has 0 aliphatic heterocycles. The number of benzene rings is 1. The van der Waals surface area contributed by atoms with Crippen molar-refractivity contribution in [1.29, 1.82) is 0 Å². The Hall–Kier alpha value is -1.56. The Bertz CT molecular complexity index is 463. The van der Waals surface area contributed by atoms with E-state index in [1.54, 1.807) is 6.92 Å². The fraction of sp³-hybridized carbons (Fsp3) is 0.385. The van der Waals surface area contributed by atoms with E-state index < -0.39 is 6.09 Å². The number of rotatable bonds is 5. The summed E-state index contributed by atoms with van der Waals surface area (Å²) in [7, 11) is 0. The van der Waals surface area contributed by atoms with Crippen LogP contribution in [0.15, 0.2) is 22.7 Å². The highest BCUT2D eigenvalue weighted by Crippen LogP contribution is 2.19. The highest BCUT2D eigenvalue weighted by molar-refractivity contribution is 9.10. The number of alkyl carbamates (subject to hydrolysis) is 1. The molecule has 2 N–H and O–H groups in total. The van der Waals surface area contributed by atoms with Crippen LogP contribution in [0.25, 0.3) is 0 Å². The lowest BCUT2D eigenvalue weighted by Crippen LogP contribution is -2.28. The molecule has 0 saturated heterocycles. The van der Waals surface area contributed by atoms with Crippen molar-refractivity contribution in [1.82, 2.24) is 5.32 Å². The molecule has 0 heterocycles. The van der Waals surface area contributed by atoms with Crippen molar-refractivity contribution in [2.75, 3.05) is 18.5 Å². The van der Waals surface area contributed by atoms with Crippen molar-refractivity contribution in [3.8, 4) is 0 Å². The summed E-state index contributed by atoms with van der Waals surface area (Å²) in [5, 5.41) is 5.29. The minimum absolute atomic E-state index is 0.151. The van der Waals surface area contributed by atoms with E-state index in [2.05, 4.69) is 31.3 Å². The van der Waals surface area contributed by atoms with Crippen molar-refractivity contribution < 1.29 is 14.3 Å². The van der Waals surface area contributed by atoms with Crippen LogP contribution in [0.1, 0.15) is 18.9 Å². The first-order valence-corrected chi connectivity index (χ1v) is 6.79. The largest absolute Gasteiger partial charge is 0.450 e. The third-order valence-electron chi connectivity index (χ3n) is 2.36. The number of hydrogen-bond acceptors (Lipinski definition) is 3. The van der Waals surface area contributed by atoms with Crippen LogP contribution < -0.4 is 10.6 Å². The van der Waals surface area contributed by atoms with Gasteiger partial charge in [-0.1, -0.05) is 15.9 Å². The van der Waals surface area contributed by atoms with Crippen LogP contribution in [0.4, 0.5) is 10.5 Å². The van der Waals surface area contributed by atoms with Gasteiger partial charge in [0.2, 0.25) is 5.91 Å². The molecular formula is C13H17BrN2O3. The summed E-state index contributed by atoms with van der Waals surface area (Å²) in [4.78, 5) is 22.7. The summed E-state index contributed by atoms with van der Waals surface area (Å²) in [6, 6.07) is 5.61. The third-order valence-corrected chi connectivity index (χ3v) is 2.85. The highest BCUT2D eigenvalue weighted by Gasteiger charge is 2.06. The summed E-state index contributed by atoms with van der Waals surface area (Å²) in [5.41, 5.74) is 1.74. The predicted octanol–water partition coefficient (Wildman–Crippen LogP) is 2.83.